The Balaban J connectivity index is 0.000000142. The summed E-state index contributed by atoms with van der Waals surface area (Å²) in [6.45, 7) is 4.70. The van der Waals surface area contributed by atoms with Gasteiger partial charge in [-0.2, -0.15) is 0 Å². The molecule has 6 nitrogen and oxygen atoms in total. The van der Waals surface area contributed by atoms with Crippen molar-refractivity contribution in [3.8, 4) is 67.3 Å². The predicted molar refractivity (Wildman–Crippen MR) is 545 cm³/mol. The molecule has 24 aromatic rings. The maximum atomic E-state index is 2.45. The van der Waals surface area contributed by atoms with Crippen LogP contribution in [-0.4, -0.2) is 18.3 Å². The van der Waals surface area contributed by atoms with Crippen molar-refractivity contribution in [2.75, 3.05) is 9.80 Å². The van der Waals surface area contributed by atoms with Crippen LogP contribution in [0.3, 0.4) is 0 Å². The van der Waals surface area contributed by atoms with Gasteiger partial charge in [0.15, 0.2) is 0 Å². The summed E-state index contributed by atoms with van der Waals surface area (Å²) in [6.07, 6.45) is 0. The SMILES string of the molecule is CC1(C)c2ccccc2-c2ccc(-c3ccc(N(c4ccc5c(c4)c4ccccc4n5-c4ccccc4)c4ccc5c(c4)c4ccccc4n5-c4ccccc4)cc3)cc21.c1ccc(-n2c3ccccc3c3cc(N(c4ccc(-c5ccc6c(c5)C(c5ccccc5)(c5ccccc5)c5ccccc5-6)cc4)c4ccc5c(c4)c4ccccc4n5-c4ccccc4)ccc32)cc1. The Labute approximate surface area is 754 Å². The normalized spacial score (nSPS) is 12.8. The molecule has 0 aliphatic heterocycles. The smallest absolute Gasteiger partial charge is 0.0713 e. The molecule has 0 N–H and O–H groups in total. The molecule has 2 aliphatic rings. The van der Waals surface area contributed by atoms with E-state index in [9.17, 15) is 0 Å². The van der Waals surface area contributed by atoms with Crippen LogP contribution in [0.5, 0.6) is 0 Å². The van der Waals surface area contributed by atoms with Gasteiger partial charge in [-0.05, 0) is 260 Å². The monoisotopic (exact) mass is 1660 g/mol. The van der Waals surface area contributed by atoms with E-state index in [-0.39, 0.29) is 5.41 Å². The van der Waals surface area contributed by atoms with E-state index >= 15 is 0 Å². The molecule has 20 aromatic carbocycles. The number of nitrogens with zero attached hydrogens (tertiary/aromatic N) is 6. The molecule has 0 spiro atoms. The highest BCUT2D eigenvalue weighted by Gasteiger charge is 2.46. The first-order valence-corrected chi connectivity index (χ1v) is 45.0. The molecule has 612 valence electrons. The highest BCUT2D eigenvalue weighted by molar-refractivity contribution is 6.15. The van der Waals surface area contributed by atoms with E-state index in [1.54, 1.807) is 0 Å². The molecule has 130 heavy (non-hydrogen) atoms. The molecule has 26 rings (SSSR count). The van der Waals surface area contributed by atoms with Gasteiger partial charge >= 0.3 is 0 Å². The average molecular weight is 1660 g/mol. The lowest BCUT2D eigenvalue weighted by Crippen LogP contribution is -2.28. The summed E-state index contributed by atoms with van der Waals surface area (Å²) in [4.78, 5) is 4.86. The van der Waals surface area contributed by atoms with Crippen LogP contribution in [0.25, 0.3) is 154 Å². The fourth-order valence-corrected chi connectivity index (χ4v) is 21.8. The van der Waals surface area contributed by atoms with E-state index in [1.807, 2.05) is 0 Å². The lowest BCUT2D eigenvalue weighted by Gasteiger charge is -2.34. The minimum Gasteiger partial charge on any atom is -0.310 e. The number of benzene rings is 20. The number of hydrogen-bond acceptors (Lipinski definition) is 2. The third-order valence-corrected chi connectivity index (χ3v) is 27.7. The van der Waals surface area contributed by atoms with Gasteiger partial charge in [-0.1, -0.05) is 317 Å². The van der Waals surface area contributed by atoms with Gasteiger partial charge in [0.1, 0.15) is 0 Å². The van der Waals surface area contributed by atoms with Gasteiger partial charge in [-0.25, -0.2) is 0 Å². The molecule has 0 amide bonds. The molecular weight excluding hydrogens is 1570 g/mol. The van der Waals surface area contributed by atoms with Gasteiger partial charge in [-0.3, -0.25) is 0 Å². The quantitative estimate of drug-likeness (QED) is 0.108. The number of hydrogen-bond donors (Lipinski definition) is 0. The predicted octanol–water partition coefficient (Wildman–Crippen LogP) is 32.7. The maximum Gasteiger partial charge on any atom is 0.0713 e. The second kappa shape index (κ2) is 30.5. The van der Waals surface area contributed by atoms with Crippen LogP contribution in [0.4, 0.5) is 34.1 Å². The van der Waals surface area contributed by atoms with Gasteiger partial charge in [0, 0.05) is 105 Å². The van der Waals surface area contributed by atoms with Crippen LogP contribution in [0.1, 0.15) is 47.2 Å². The van der Waals surface area contributed by atoms with Gasteiger partial charge in [-0.15, -0.1) is 0 Å². The van der Waals surface area contributed by atoms with Crippen molar-refractivity contribution in [1.82, 2.24) is 18.3 Å². The van der Waals surface area contributed by atoms with Crippen LogP contribution < -0.4 is 9.80 Å². The molecule has 2 aliphatic carbocycles. The first kappa shape index (κ1) is 75.7. The van der Waals surface area contributed by atoms with Crippen molar-refractivity contribution < 1.29 is 0 Å². The lowest BCUT2D eigenvalue weighted by molar-refractivity contribution is 0.660. The Morgan fingerprint density at radius 3 is 0.762 bits per heavy atom. The van der Waals surface area contributed by atoms with Crippen molar-refractivity contribution in [3.63, 3.8) is 0 Å². The summed E-state index contributed by atoms with van der Waals surface area (Å²) >= 11 is 0. The first-order valence-electron chi connectivity index (χ1n) is 45.0. The molecule has 4 aromatic heterocycles. The molecule has 6 heteroatoms. The number of fused-ring (bicyclic) bond motifs is 18. The second-order valence-corrected chi connectivity index (χ2v) is 35.0. The third-order valence-electron chi connectivity index (χ3n) is 27.7. The van der Waals surface area contributed by atoms with E-state index in [0.717, 1.165) is 56.9 Å². The molecule has 0 fully saturated rings. The zero-order chi connectivity index (χ0) is 86.1. The molecule has 0 unspecified atom stereocenters. The van der Waals surface area contributed by atoms with Crippen molar-refractivity contribution in [2.24, 2.45) is 0 Å². The zero-order valence-electron chi connectivity index (χ0n) is 71.9. The van der Waals surface area contributed by atoms with Crippen molar-refractivity contribution in [2.45, 2.75) is 24.7 Å². The summed E-state index contributed by atoms with van der Waals surface area (Å²) < 4.78 is 9.54. The number of para-hydroxylation sites is 8. The van der Waals surface area contributed by atoms with Crippen LogP contribution >= 0.6 is 0 Å². The first-order chi connectivity index (χ1) is 64.3. The van der Waals surface area contributed by atoms with Crippen molar-refractivity contribution >= 4 is 121 Å². The van der Waals surface area contributed by atoms with E-state index < -0.39 is 5.41 Å². The highest BCUT2D eigenvalue weighted by Crippen LogP contribution is 2.58. The summed E-state index contributed by atoms with van der Waals surface area (Å²) in [5.41, 5.74) is 38.1. The lowest BCUT2D eigenvalue weighted by atomic mass is 9.67. The molecule has 0 bridgehead atoms. The standard InChI is InChI=1S/C67H45N3.C57H41N3/c1-5-19-48(20-6-1)67(49-21-7-2-8-22-49)61-30-16-13-27-55(61)56-40-35-47(43-62(56)67)46-33-36-52(37-34-46)68(53-38-41-65-59(44-53)57-28-14-17-31-63(57)69(65)50-23-9-3-10-24-50)54-39-42-66-60(45-54)58-29-15-18-32-64(58)70(66)51-25-11-4-12-26-51;1-57(2)51-22-12-9-19-45(51)46-32-27-39(35-52(46)57)38-25-28-42(29-26-38)58(43-30-33-55-49(36-43)47-20-10-13-23-53(47)59(55)40-15-5-3-6-16-40)44-31-34-56-50(37-44)48-21-11-14-24-54(48)60(56)41-17-7-4-8-18-41/h1-45H;3-37H,1-2H3. The number of rotatable bonds is 14. The van der Waals surface area contributed by atoms with E-state index in [4.69, 9.17) is 0 Å². The Kier molecular flexibility index (Phi) is 17.8. The average Bonchev–Trinajstić information content (AvgIpc) is 1.54. The minimum atomic E-state index is -0.467. The Morgan fingerprint density at radius 2 is 0.415 bits per heavy atom. The topological polar surface area (TPSA) is 26.2 Å². The summed E-state index contributed by atoms with van der Waals surface area (Å²) in [6, 6.07) is 178. The van der Waals surface area contributed by atoms with E-state index in [2.05, 4.69) is 527 Å². The number of aromatic nitrogens is 4. The Hall–Kier alpha value is -16.8. The van der Waals surface area contributed by atoms with Gasteiger partial charge < -0.3 is 28.1 Å². The Morgan fingerprint density at radius 1 is 0.169 bits per heavy atom. The highest BCUT2D eigenvalue weighted by atomic mass is 15.2. The fourth-order valence-electron chi connectivity index (χ4n) is 21.8. The second-order valence-electron chi connectivity index (χ2n) is 35.0. The molecule has 0 atom stereocenters. The van der Waals surface area contributed by atoms with Crippen molar-refractivity contribution in [3.05, 3.63) is 519 Å². The summed E-state index contributed by atoms with van der Waals surface area (Å²) in [7, 11) is 0. The molecular formula is C124H86N6. The van der Waals surface area contributed by atoms with E-state index in [0.29, 0.717) is 0 Å². The molecule has 0 saturated heterocycles. The van der Waals surface area contributed by atoms with Gasteiger partial charge in [0.2, 0.25) is 0 Å². The summed E-state index contributed by atoms with van der Waals surface area (Å²) in [5, 5.41) is 9.77. The molecule has 4 heterocycles. The molecule has 0 radical (unpaired) electrons. The van der Waals surface area contributed by atoms with Gasteiger partial charge in [0.25, 0.3) is 0 Å². The van der Waals surface area contributed by atoms with Crippen molar-refractivity contribution in [1.29, 1.82) is 0 Å². The van der Waals surface area contributed by atoms with E-state index in [1.165, 1.54) is 165 Å². The number of anilines is 6. The Bertz CT molecular complexity index is 8180. The largest absolute Gasteiger partial charge is 0.310 e. The minimum absolute atomic E-state index is 0.0524. The maximum absolute atomic E-state index is 2.45. The van der Waals surface area contributed by atoms with Gasteiger partial charge in [0.05, 0.1) is 49.5 Å². The molecule has 0 saturated carbocycles. The zero-order valence-corrected chi connectivity index (χ0v) is 71.9. The van der Waals surface area contributed by atoms with Crippen LogP contribution in [-0.2, 0) is 10.8 Å². The van der Waals surface area contributed by atoms with Crippen LogP contribution in [0, 0.1) is 0 Å². The summed E-state index contributed by atoms with van der Waals surface area (Å²) in [5.74, 6) is 0. The van der Waals surface area contributed by atoms with Crippen LogP contribution in [0.2, 0.25) is 0 Å². The van der Waals surface area contributed by atoms with Crippen LogP contribution in [0.15, 0.2) is 485 Å². The third kappa shape index (κ3) is 12.0. The fraction of sp³-hybridized carbons (Fsp3) is 0.0323.